The van der Waals surface area contributed by atoms with Crippen molar-refractivity contribution < 1.29 is 0 Å². The third-order valence-electron chi connectivity index (χ3n) is 3.50. The maximum Gasteiger partial charge on any atom is 0.0973 e. The Bertz CT molecular complexity index is 549. The molecule has 2 aromatic rings. The van der Waals surface area contributed by atoms with Crippen LogP contribution in [0.5, 0.6) is 0 Å². The molecule has 1 aromatic heterocycles. The number of nitrogens with zero attached hydrogens (tertiary/aromatic N) is 1. The van der Waals surface area contributed by atoms with Crippen LogP contribution in [-0.2, 0) is 5.41 Å². The Labute approximate surface area is 126 Å². The highest BCUT2D eigenvalue weighted by molar-refractivity contribution is 7.10. The van der Waals surface area contributed by atoms with E-state index in [0.29, 0.717) is 5.92 Å². The van der Waals surface area contributed by atoms with Crippen LogP contribution in [0.1, 0.15) is 44.2 Å². The molecule has 0 radical (unpaired) electrons. The predicted molar refractivity (Wildman–Crippen MR) is 88.6 cm³/mol. The highest BCUT2D eigenvalue weighted by atomic mass is 32.1. The van der Waals surface area contributed by atoms with Gasteiger partial charge in [0.05, 0.1) is 10.7 Å². The van der Waals surface area contributed by atoms with Gasteiger partial charge in [-0.3, -0.25) is 0 Å². The minimum atomic E-state index is 0.201. The number of hydrogen-bond acceptors (Lipinski definition) is 3. The Morgan fingerprint density at radius 2 is 1.85 bits per heavy atom. The summed E-state index contributed by atoms with van der Waals surface area (Å²) in [5.74, 6) is 0.465. The number of benzene rings is 1. The molecule has 3 heteroatoms. The topological polar surface area (TPSA) is 24.9 Å². The molecule has 0 aliphatic carbocycles. The third kappa shape index (κ3) is 3.47. The second-order valence-electron chi connectivity index (χ2n) is 6.36. The quantitative estimate of drug-likeness (QED) is 0.900. The summed E-state index contributed by atoms with van der Waals surface area (Å²) in [7, 11) is 1.98. The Morgan fingerprint density at radius 3 is 2.40 bits per heavy atom. The fourth-order valence-electron chi connectivity index (χ4n) is 2.18. The van der Waals surface area contributed by atoms with Crippen LogP contribution in [0.15, 0.2) is 29.6 Å². The van der Waals surface area contributed by atoms with Crippen LogP contribution in [0.2, 0.25) is 0 Å². The van der Waals surface area contributed by atoms with Crippen molar-refractivity contribution >= 4 is 11.3 Å². The van der Waals surface area contributed by atoms with Crippen LogP contribution in [-0.4, -0.2) is 18.6 Å². The fraction of sp³-hybridized carbons (Fsp3) is 0.471. The van der Waals surface area contributed by atoms with Gasteiger partial charge in [0.25, 0.3) is 0 Å². The first-order chi connectivity index (χ1) is 9.41. The smallest absolute Gasteiger partial charge is 0.0973 e. The molecule has 0 fully saturated rings. The van der Waals surface area contributed by atoms with Gasteiger partial charge in [0, 0.05) is 23.4 Å². The molecule has 1 heterocycles. The zero-order valence-electron chi connectivity index (χ0n) is 13.0. The van der Waals surface area contributed by atoms with Crippen LogP contribution in [0.25, 0.3) is 11.3 Å². The van der Waals surface area contributed by atoms with Gasteiger partial charge in [0.15, 0.2) is 0 Å². The van der Waals surface area contributed by atoms with E-state index in [0.717, 1.165) is 12.2 Å². The highest BCUT2D eigenvalue weighted by Crippen LogP contribution is 2.28. The summed E-state index contributed by atoms with van der Waals surface area (Å²) in [6.45, 7) is 9.89. The maximum absolute atomic E-state index is 4.77. The molecular formula is C17H24N2S. The van der Waals surface area contributed by atoms with Crippen LogP contribution in [0.3, 0.4) is 0 Å². The number of aromatic nitrogens is 1. The van der Waals surface area contributed by atoms with Crippen LogP contribution >= 0.6 is 11.3 Å². The van der Waals surface area contributed by atoms with E-state index in [1.165, 1.54) is 16.1 Å². The molecule has 20 heavy (non-hydrogen) atoms. The largest absolute Gasteiger partial charge is 0.319 e. The molecule has 1 aromatic carbocycles. The van der Waals surface area contributed by atoms with E-state index in [-0.39, 0.29) is 5.41 Å². The van der Waals surface area contributed by atoms with E-state index in [1.807, 2.05) is 7.05 Å². The van der Waals surface area contributed by atoms with Gasteiger partial charge in [-0.05, 0) is 18.0 Å². The lowest BCUT2D eigenvalue weighted by Crippen LogP contribution is -2.14. The lowest BCUT2D eigenvalue weighted by molar-refractivity contribution is 0.590. The van der Waals surface area contributed by atoms with E-state index >= 15 is 0 Å². The SMILES string of the molecule is CNCC(C)c1nc(-c2ccc(C(C)(C)C)cc2)cs1. The first-order valence-corrected chi connectivity index (χ1v) is 8.00. The fourth-order valence-corrected chi connectivity index (χ4v) is 3.07. The van der Waals surface area contributed by atoms with Gasteiger partial charge in [0.2, 0.25) is 0 Å². The molecule has 1 unspecified atom stereocenters. The Morgan fingerprint density at radius 1 is 1.20 bits per heavy atom. The molecule has 0 spiro atoms. The molecule has 0 aliphatic heterocycles. The Balaban J connectivity index is 2.20. The summed E-state index contributed by atoms with van der Waals surface area (Å²) in [4.78, 5) is 4.77. The van der Waals surface area contributed by atoms with Gasteiger partial charge in [-0.2, -0.15) is 0 Å². The summed E-state index contributed by atoms with van der Waals surface area (Å²) in [6, 6.07) is 8.79. The second-order valence-corrected chi connectivity index (χ2v) is 7.25. The van der Waals surface area contributed by atoms with Crippen molar-refractivity contribution in [3.05, 3.63) is 40.2 Å². The number of rotatable bonds is 4. The molecular weight excluding hydrogens is 264 g/mol. The minimum absolute atomic E-state index is 0.201. The van der Waals surface area contributed by atoms with E-state index in [1.54, 1.807) is 11.3 Å². The molecule has 1 atom stereocenters. The lowest BCUT2D eigenvalue weighted by Gasteiger charge is -2.18. The van der Waals surface area contributed by atoms with E-state index < -0.39 is 0 Å². The van der Waals surface area contributed by atoms with Gasteiger partial charge in [-0.15, -0.1) is 11.3 Å². The van der Waals surface area contributed by atoms with Gasteiger partial charge in [-0.1, -0.05) is 52.0 Å². The van der Waals surface area contributed by atoms with Crippen molar-refractivity contribution in [1.82, 2.24) is 10.3 Å². The standard InChI is InChI=1S/C17H24N2S/c1-12(10-18-5)16-19-15(11-20-16)13-6-8-14(9-7-13)17(2,3)4/h6-9,11-12,18H,10H2,1-5H3. The molecule has 0 aliphatic rings. The van der Waals surface area contributed by atoms with Gasteiger partial charge in [-0.25, -0.2) is 4.98 Å². The highest BCUT2D eigenvalue weighted by Gasteiger charge is 2.14. The lowest BCUT2D eigenvalue weighted by atomic mass is 9.86. The van der Waals surface area contributed by atoms with Gasteiger partial charge < -0.3 is 5.32 Å². The summed E-state index contributed by atoms with van der Waals surface area (Å²) >= 11 is 1.75. The van der Waals surface area contributed by atoms with Crippen molar-refractivity contribution in [2.75, 3.05) is 13.6 Å². The number of nitrogens with one attached hydrogen (secondary N) is 1. The predicted octanol–water partition coefficient (Wildman–Crippen LogP) is 4.43. The van der Waals surface area contributed by atoms with Crippen molar-refractivity contribution in [1.29, 1.82) is 0 Å². The van der Waals surface area contributed by atoms with Crippen LogP contribution in [0.4, 0.5) is 0 Å². The van der Waals surface area contributed by atoms with Crippen molar-refractivity contribution in [2.45, 2.75) is 39.0 Å². The van der Waals surface area contributed by atoms with Gasteiger partial charge >= 0.3 is 0 Å². The first kappa shape index (κ1) is 15.2. The molecule has 108 valence electrons. The third-order valence-corrected chi connectivity index (χ3v) is 4.58. The molecule has 0 saturated heterocycles. The summed E-state index contributed by atoms with van der Waals surface area (Å²) in [6.07, 6.45) is 0. The van der Waals surface area contributed by atoms with Crippen molar-refractivity contribution in [2.24, 2.45) is 0 Å². The zero-order valence-corrected chi connectivity index (χ0v) is 13.8. The first-order valence-electron chi connectivity index (χ1n) is 7.12. The molecule has 0 bridgehead atoms. The molecule has 2 rings (SSSR count). The second kappa shape index (κ2) is 6.06. The number of thiazole rings is 1. The molecule has 2 nitrogen and oxygen atoms in total. The number of likely N-dealkylation sites (N-methyl/N-ethyl adjacent to an activating group) is 1. The maximum atomic E-state index is 4.77. The Kier molecular flexibility index (Phi) is 4.61. The zero-order chi connectivity index (χ0) is 14.8. The van der Waals surface area contributed by atoms with Crippen LogP contribution in [0, 0.1) is 0 Å². The summed E-state index contributed by atoms with van der Waals surface area (Å²) in [5, 5.41) is 6.57. The van der Waals surface area contributed by atoms with Crippen LogP contribution < -0.4 is 5.32 Å². The molecule has 0 amide bonds. The normalized spacial score (nSPS) is 13.4. The monoisotopic (exact) mass is 288 g/mol. The summed E-state index contributed by atoms with van der Waals surface area (Å²) in [5.41, 5.74) is 3.86. The number of hydrogen-bond donors (Lipinski definition) is 1. The molecule has 0 saturated carbocycles. The van der Waals surface area contributed by atoms with E-state index in [4.69, 9.17) is 4.98 Å². The van der Waals surface area contributed by atoms with Gasteiger partial charge in [0.1, 0.15) is 0 Å². The average molecular weight is 288 g/mol. The van der Waals surface area contributed by atoms with E-state index in [9.17, 15) is 0 Å². The van der Waals surface area contributed by atoms with Crippen molar-refractivity contribution in [3.8, 4) is 11.3 Å². The van der Waals surface area contributed by atoms with Crippen molar-refractivity contribution in [3.63, 3.8) is 0 Å². The molecule has 1 N–H and O–H groups in total. The average Bonchev–Trinajstić information content (AvgIpc) is 2.88. The van der Waals surface area contributed by atoms with E-state index in [2.05, 4.69) is 62.7 Å². The minimum Gasteiger partial charge on any atom is -0.319 e. The summed E-state index contributed by atoms with van der Waals surface area (Å²) < 4.78 is 0. The Hall–Kier alpha value is -1.19.